The van der Waals surface area contributed by atoms with E-state index in [4.69, 9.17) is 5.11 Å². The Balaban J connectivity index is 2.27. The van der Waals surface area contributed by atoms with Gasteiger partial charge in [0.25, 0.3) is 5.91 Å². The van der Waals surface area contributed by atoms with Crippen LogP contribution in [-0.2, 0) is 0 Å². The third-order valence-electron chi connectivity index (χ3n) is 2.70. The van der Waals surface area contributed by atoms with Crippen LogP contribution >= 0.6 is 0 Å². The lowest BCUT2D eigenvalue weighted by molar-refractivity contribution is 0.0743. The molecule has 5 nitrogen and oxygen atoms in total. The Kier molecular flexibility index (Phi) is 3.74. The number of nitrogens with one attached hydrogen (secondary N) is 1. The molecule has 2 rings (SSSR count). The molecule has 0 radical (unpaired) electrons. The summed E-state index contributed by atoms with van der Waals surface area (Å²) < 4.78 is 0. The number of hydrogen-bond acceptors (Lipinski definition) is 3. The minimum absolute atomic E-state index is 0.0636. The van der Waals surface area contributed by atoms with Crippen LogP contribution in [0.1, 0.15) is 10.4 Å². The highest BCUT2D eigenvalue weighted by Crippen LogP contribution is 2.14. The van der Waals surface area contributed by atoms with E-state index >= 15 is 0 Å². The minimum Gasteiger partial charge on any atom is -0.395 e. The highest BCUT2D eigenvalue weighted by atomic mass is 16.3. The minimum atomic E-state index is -0.125. The van der Waals surface area contributed by atoms with Gasteiger partial charge in [-0.15, -0.1) is 6.58 Å². The molecule has 1 aromatic heterocycles. The zero-order chi connectivity index (χ0) is 13.0. The van der Waals surface area contributed by atoms with Gasteiger partial charge < -0.3 is 10.0 Å². The summed E-state index contributed by atoms with van der Waals surface area (Å²) in [5.41, 5.74) is 1.39. The first-order valence-electron chi connectivity index (χ1n) is 5.70. The number of amides is 1. The number of carbonyl (C=O) groups is 1. The van der Waals surface area contributed by atoms with E-state index in [-0.39, 0.29) is 12.5 Å². The van der Waals surface area contributed by atoms with Crippen LogP contribution in [0.15, 0.2) is 37.1 Å². The molecule has 0 atom stereocenters. The van der Waals surface area contributed by atoms with Gasteiger partial charge >= 0.3 is 0 Å². The molecule has 0 saturated carbocycles. The smallest absolute Gasteiger partial charge is 0.254 e. The van der Waals surface area contributed by atoms with Crippen molar-refractivity contribution in [3.8, 4) is 0 Å². The predicted molar refractivity (Wildman–Crippen MR) is 69.3 cm³/mol. The monoisotopic (exact) mass is 245 g/mol. The van der Waals surface area contributed by atoms with Gasteiger partial charge in [-0.05, 0) is 12.1 Å². The fourth-order valence-electron chi connectivity index (χ4n) is 1.80. The molecule has 1 heterocycles. The van der Waals surface area contributed by atoms with Gasteiger partial charge in [-0.2, -0.15) is 5.10 Å². The van der Waals surface area contributed by atoms with Gasteiger partial charge in [0.15, 0.2) is 0 Å². The molecule has 0 aliphatic rings. The van der Waals surface area contributed by atoms with E-state index in [9.17, 15) is 4.79 Å². The molecular weight excluding hydrogens is 230 g/mol. The Hall–Kier alpha value is -2.14. The van der Waals surface area contributed by atoms with Crippen molar-refractivity contribution in [3.05, 3.63) is 42.6 Å². The summed E-state index contributed by atoms with van der Waals surface area (Å²) in [6, 6.07) is 5.36. The average molecular weight is 245 g/mol. The maximum absolute atomic E-state index is 12.2. The number of aliphatic hydroxyl groups excluding tert-OH is 1. The molecule has 0 fully saturated rings. The van der Waals surface area contributed by atoms with Gasteiger partial charge in [-0.3, -0.25) is 9.89 Å². The zero-order valence-electron chi connectivity index (χ0n) is 9.97. The summed E-state index contributed by atoms with van der Waals surface area (Å²) in [4.78, 5) is 13.8. The summed E-state index contributed by atoms with van der Waals surface area (Å²) >= 11 is 0. The molecule has 0 saturated heterocycles. The summed E-state index contributed by atoms with van der Waals surface area (Å²) in [6.45, 7) is 4.26. The van der Waals surface area contributed by atoms with Crippen LogP contribution in [0.25, 0.3) is 10.9 Å². The normalized spacial score (nSPS) is 10.5. The summed E-state index contributed by atoms with van der Waals surface area (Å²) in [6.07, 6.45) is 3.35. The lowest BCUT2D eigenvalue weighted by Gasteiger charge is -2.19. The number of fused-ring (bicyclic) bond motifs is 1. The zero-order valence-corrected chi connectivity index (χ0v) is 9.97. The van der Waals surface area contributed by atoms with Crippen LogP contribution in [-0.4, -0.2) is 45.8 Å². The van der Waals surface area contributed by atoms with E-state index in [0.717, 1.165) is 10.9 Å². The molecule has 0 unspecified atom stereocenters. The molecule has 94 valence electrons. The first kappa shape index (κ1) is 12.3. The number of nitrogens with zero attached hydrogens (tertiary/aromatic N) is 2. The van der Waals surface area contributed by atoms with Crippen LogP contribution in [0.4, 0.5) is 0 Å². The first-order valence-corrected chi connectivity index (χ1v) is 5.70. The molecule has 2 N–H and O–H groups in total. The third kappa shape index (κ3) is 2.41. The van der Waals surface area contributed by atoms with Gasteiger partial charge in [0.2, 0.25) is 0 Å². The van der Waals surface area contributed by atoms with Crippen LogP contribution in [0.5, 0.6) is 0 Å². The summed E-state index contributed by atoms with van der Waals surface area (Å²) in [7, 11) is 0. The highest BCUT2D eigenvalue weighted by molar-refractivity contribution is 5.97. The number of aromatic nitrogens is 2. The van der Waals surface area contributed by atoms with Crippen molar-refractivity contribution >= 4 is 16.8 Å². The lowest BCUT2D eigenvalue weighted by Crippen LogP contribution is -2.33. The second kappa shape index (κ2) is 5.46. The van der Waals surface area contributed by atoms with E-state index < -0.39 is 0 Å². The molecule has 0 aliphatic carbocycles. The van der Waals surface area contributed by atoms with E-state index in [2.05, 4.69) is 16.8 Å². The second-order valence-corrected chi connectivity index (χ2v) is 3.94. The van der Waals surface area contributed by atoms with E-state index in [1.807, 2.05) is 6.07 Å². The quantitative estimate of drug-likeness (QED) is 0.777. The van der Waals surface area contributed by atoms with Crippen LogP contribution in [0, 0.1) is 0 Å². The molecule has 1 amide bonds. The number of aromatic amines is 1. The van der Waals surface area contributed by atoms with Crippen molar-refractivity contribution < 1.29 is 9.90 Å². The molecule has 2 aromatic rings. The van der Waals surface area contributed by atoms with E-state index in [1.165, 1.54) is 0 Å². The number of hydrogen-bond donors (Lipinski definition) is 2. The molecule has 0 aliphatic heterocycles. The van der Waals surface area contributed by atoms with Gasteiger partial charge in [0.1, 0.15) is 0 Å². The maximum atomic E-state index is 12.2. The first-order chi connectivity index (χ1) is 8.76. The molecule has 18 heavy (non-hydrogen) atoms. The SMILES string of the molecule is C=CCN(CCO)C(=O)c1ccc2cn[nH]c2c1. The Morgan fingerprint density at radius 3 is 3.11 bits per heavy atom. The van der Waals surface area contributed by atoms with Gasteiger partial charge in [0, 0.05) is 24.0 Å². The van der Waals surface area contributed by atoms with Crippen molar-refractivity contribution in [2.45, 2.75) is 0 Å². The molecule has 5 heteroatoms. The van der Waals surface area contributed by atoms with Crippen molar-refractivity contribution in [3.63, 3.8) is 0 Å². The standard InChI is InChI=1S/C13H15N3O2/c1-2-5-16(6-7-17)13(18)10-3-4-11-9-14-15-12(11)8-10/h2-4,8-9,17H,1,5-7H2,(H,14,15). The van der Waals surface area contributed by atoms with Crippen LogP contribution in [0.3, 0.4) is 0 Å². The highest BCUT2D eigenvalue weighted by Gasteiger charge is 2.14. The number of benzene rings is 1. The van der Waals surface area contributed by atoms with Crippen LogP contribution < -0.4 is 0 Å². The number of aliphatic hydroxyl groups is 1. The number of H-pyrrole nitrogens is 1. The summed E-state index contributed by atoms with van der Waals surface area (Å²) in [5, 5.41) is 16.7. The largest absolute Gasteiger partial charge is 0.395 e. The fourth-order valence-corrected chi connectivity index (χ4v) is 1.80. The Morgan fingerprint density at radius 1 is 1.56 bits per heavy atom. The van der Waals surface area contributed by atoms with Gasteiger partial charge in [-0.25, -0.2) is 0 Å². The van der Waals surface area contributed by atoms with Gasteiger partial charge in [-0.1, -0.05) is 12.1 Å². The lowest BCUT2D eigenvalue weighted by atomic mass is 10.1. The third-order valence-corrected chi connectivity index (χ3v) is 2.70. The van der Waals surface area contributed by atoms with E-state index in [1.54, 1.807) is 29.3 Å². The topological polar surface area (TPSA) is 69.2 Å². The Labute approximate surface area is 105 Å². The van der Waals surface area contributed by atoms with E-state index in [0.29, 0.717) is 18.7 Å². The van der Waals surface area contributed by atoms with Crippen molar-refractivity contribution in [1.82, 2.24) is 15.1 Å². The fraction of sp³-hybridized carbons (Fsp3) is 0.231. The Bertz CT molecular complexity index is 562. The second-order valence-electron chi connectivity index (χ2n) is 3.94. The molecular formula is C13H15N3O2. The van der Waals surface area contributed by atoms with Gasteiger partial charge in [0.05, 0.1) is 18.3 Å². The average Bonchev–Trinajstić information content (AvgIpc) is 2.84. The predicted octanol–water partition coefficient (Wildman–Crippen LogP) is 1.18. The molecule has 0 spiro atoms. The van der Waals surface area contributed by atoms with Crippen molar-refractivity contribution in [2.75, 3.05) is 19.7 Å². The Morgan fingerprint density at radius 2 is 2.39 bits per heavy atom. The molecule has 0 bridgehead atoms. The van der Waals surface area contributed by atoms with Crippen LogP contribution in [0.2, 0.25) is 0 Å². The van der Waals surface area contributed by atoms with Crippen molar-refractivity contribution in [1.29, 1.82) is 0 Å². The number of carbonyl (C=O) groups excluding carboxylic acids is 1. The summed E-state index contributed by atoms with van der Waals surface area (Å²) in [5.74, 6) is -0.125. The van der Waals surface area contributed by atoms with Crippen molar-refractivity contribution in [2.24, 2.45) is 0 Å². The number of rotatable bonds is 5. The molecule has 1 aromatic carbocycles. The maximum Gasteiger partial charge on any atom is 0.254 e.